The smallest absolute Gasteiger partial charge is 0.0230 e. The van der Waals surface area contributed by atoms with E-state index in [0.717, 1.165) is 12.5 Å². The van der Waals surface area contributed by atoms with Crippen molar-refractivity contribution < 1.29 is 0 Å². The van der Waals surface area contributed by atoms with Crippen LogP contribution in [0.1, 0.15) is 37.8 Å². The van der Waals surface area contributed by atoms with Crippen LogP contribution >= 0.6 is 0 Å². The van der Waals surface area contributed by atoms with Gasteiger partial charge in [-0.3, -0.25) is 0 Å². The molecule has 2 N–H and O–H groups in total. The molecule has 0 spiro atoms. The van der Waals surface area contributed by atoms with E-state index in [0.29, 0.717) is 6.54 Å². The van der Waals surface area contributed by atoms with E-state index in [1.165, 1.54) is 30.5 Å². The van der Waals surface area contributed by atoms with Crippen molar-refractivity contribution in [1.29, 1.82) is 0 Å². The number of rotatable bonds is 7. The minimum Gasteiger partial charge on any atom is -0.326 e. The number of hydrogen-bond acceptors (Lipinski definition) is 2. The van der Waals surface area contributed by atoms with E-state index in [4.69, 9.17) is 5.73 Å². The lowest BCUT2D eigenvalue weighted by Crippen LogP contribution is -2.19. The van der Waals surface area contributed by atoms with E-state index in [-0.39, 0.29) is 0 Å². The van der Waals surface area contributed by atoms with E-state index >= 15 is 0 Å². The van der Waals surface area contributed by atoms with Crippen LogP contribution in [0, 0.1) is 5.92 Å². The topological polar surface area (TPSA) is 29.3 Å². The van der Waals surface area contributed by atoms with Gasteiger partial charge in [-0.1, -0.05) is 38.1 Å². The first-order valence-corrected chi connectivity index (χ1v) is 6.58. The van der Waals surface area contributed by atoms with Crippen molar-refractivity contribution in [3.8, 4) is 0 Å². The summed E-state index contributed by atoms with van der Waals surface area (Å²) in [6.45, 7) is 7.40. The van der Waals surface area contributed by atoms with Gasteiger partial charge in [0.2, 0.25) is 0 Å². The summed E-state index contributed by atoms with van der Waals surface area (Å²) in [5, 5.41) is 0. The molecule has 1 aromatic carbocycles. The molecule has 0 bridgehead atoms. The van der Waals surface area contributed by atoms with Gasteiger partial charge in [-0.2, -0.15) is 0 Å². The van der Waals surface area contributed by atoms with Crippen molar-refractivity contribution in [2.24, 2.45) is 11.7 Å². The van der Waals surface area contributed by atoms with Gasteiger partial charge in [0.15, 0.2) is 0 Å². The second-order valence-electron chi connectivity index (χ2n) is 5.29. The second kappa shape index (κ2) is 7.46. The summed E-state index contributed by atoms with van der Waals surface area (Å²) >= 11 is 0. The third-order valence-corrected chi connectivity index (χ3v) is 3.03. The zero-order valence-electron chi connectivity index (χ0n) is 11.4. The van der Waals surface area contributed by atoms with Crippen molar-refractivity contribution in [2.45, 2.75) is 39.8 Å². The Kier molecular flexibility index (Phi) is 6.23. The molecule has 1 rings (SSSR count). The summed E-state index contributed by atoms with van der Waals surface area (Å²) in [7, 11) is 2.19. The van der Waals surface area contributed by atoms with Gasteiger partial charge in [0.1, 0.15) is 0 Å². The van der Waals surface area contributed by atoms with Gasteiger partial charge in [0, 0.05) is 13.1 Å². The second-order valence-corrected chi connectivity index (χ2v) is 5.29. The molecule has 0 atom stereocenters. The van der Waals surface area contributed by atoms with Crippen LogP contribution in [-0.4, -0.2) is 18.5 Å². The fraction of sp³-hybridized carbons (Fsp3) is 0.600. The molecule has 0 saturated heterocycles. The molecule has 0 amide bonds. The predicted molar refractivity (Wildman–Crippen MR) is 74.7 cm³/mol. The lowest BCUT2D eigenvalue weighted by Gasteiger charge is -2.17. The summed E-state index contributed by atoms with van der Waals surface area (Å²) < 4.78 is 0. The van der Waals surface area contributed by atoms with Gasteiger partial charge in [0.05, 0.1) is 0 Å². The van der Waals surface area contributed by atoms with Crippen LogP contribution in [0.25, 0.3) is 0 Å². The highest BCUT2D eigenvalue weighted by Gasteiger charge is 2.01. The van der Waals surface area contributed by atoms with Gasteiger partial charge < -0.3 is 10.6 Å². The van der Waals surface area contributed by atoms with Gasteiger partial charge >= 0.3 is 0 Å². The van der Waals surface area contributed by atoms with Crippen LogP contribution in [0.2, 0.25) is 0 Å². The molecule has 0 saturated carbocycles. The fourth-order valence-electron chi connectivity index (χ4n) is 1.94. The fourth-order valence-corrected chi connectivity index (χ4v) is 1.94. The molecular formula is C15H26N2. The molecule has 1 aromatic rings. The Morgan fingerprint density at radius 3 is 2.24 bits per heavy atom. The lowest BCUT2D eigenvalue weighted by atomic mass is 10.1. The molecule has 17 heavy (non-hydrogen) atoms. The zero-order chi connectivity index (χ0) is 12.7. The molecule has 2 nitrogen and oxygen atoms in total. The van der Waals surface area contributed by atoms with Crippen LogP contribution in [0.3, 0.4) is 0 Å². The van der Waals surface area contributed by atoms with Gasteiger partial charge in [-0.15, -0.1) is 0 Å². The lowest BCUT2D eigenvalue weighted by molar-refractivity contribution is 0.310. The molecule has 0 radical (unpaired) electrons. The van der Waals surface area contributed by atoms with Crippen LogP contribution < -0.4 is 5.73 Å². The van der Waals surface area contributed by atoms with Gasteiger partial charge in [0.25, 0.3) is 0 Å². The molecule has 0 aliphatic rings. The SMILES string of the molecule is CC(C)CCCN(C)Cc1ccc(CN)cc1. The molecule has 96 valence electrons. The van der Waals surface area contributed by atoms with E-state index < -0.39 is 0 Å². The first kappa shape index (κ1) is 14.2. The maximum Gasteiger partial charge on any atom is 0.0230 e. The molecule has 2 heteroatoms. The third kappa shape index (κ3) is 5.85. The van der Waals surface area contributed by atoms with Crippen molar-refractivity contribution in [3.63, 3.8) is 0 Å². The number of benzene rings is 1. The third-order valence-electron chi connectivity index (χ3n) is 3.03. The number of hydrogen-bond donors (Lipinski definition) is 1. The van der Waals surface area contributed by atoms with E-state index in [1.54, 1.807) is 0 Å². The summed E-state index contributed by atoms with van der Waals surface area (Å²) in [5.41, 5.74) is 8.16. The predicted octanol–water partition coefficient (Wildman–Crippen LogP) is 3.01. The molecule has 0 fully saturated rings. The number of nitrogens with zero attached hydrogens (tertiary/aromatic N) is 1. The Bertz CT molecular complexity index is 303. The molecule has 0 aliphatic heterocycles. The Hall–Kier alpha value is -0.860. The van der Waals surface area contributed by atoms with Crippen molar-refractivity contribution >= 4 is 0 Å². The first-order chi connectivity index (χ1) is 8.11. The average molecular weight is 234 g/mol. The number of nitrogens with two attached hydrogens (primary N) is 1. The largest absolute Gasteiger partial charge is 0.326 e. The van der Waals surface area contributed by atoms with Crippen molar-refractivity contribution in [1.82, 2.24) is 4.90 Å². The monoisotopic (exact) mass is 234 g/mol. The highest BCUT2D eigenvalue weighted by molar-refractivity contribution is 5.22. The Morgan fingerprint density at radius 1 is 1.12 bits per heavy atom. The normalized spacial score (nSPS) is 11.4. The zero-order valence-corrected chi connectivity index (χ0v) is 11.4. The summed E-state index contributed by atoms with van der Waals surface area (Å²) in [4.78, 5) is 2.39. The average Bonchev–Trinajstić information content (AvgIpc) is 2.29. The van der Waals surface area contributed by atoms with Crippen molar-refractivity contribution in [2.75, 3.05) is 13.6 Å². The summed E-state index contributed by atoms with van der Waals surface area (Å²) in [6.07, 6.45) is 2.60. The quantitative estimate of drug-likeness (QED) is 0.786. The van der Waals surface area contributed by atoms with Crippen LogP contribution in [-0.2, 0) is 13.1 Å². The highest BCUT2D eigenvalue weighted by Crippen LogP contribution is 2.08. The van der Waals surface area contributed by atoms with Gasteiger partial charge in [-0.25, -0.2) is 0 Å². The van der Waals surface area contributed by atoms with E-state index in [1.807, 2.05) is 0 Å². The van der Waals surface area contributed by atoms with Gasteiger partial charge in [-0.05, 0) is 43.5 Å². The summed E-state index contributed by atoms with van der Waals surface area (Å²) in [6, 6.07) is 8.61. The Morgan fingerprint density at radius 2 is 1.71 bits per heavy atom. The minimum atomic E-state index is 0.629. The molecule has 0 heterocycles. The first-order valence-electron chi connectivity index (χ1n) is 6.58. The maximum atomic E-state index is 5.58. The standard InChI is InChI=1S/C15H26N2/c1-13(2)5-4-10-17(3)12-15-8-6-14(11-16)7-9-15/h6-9,13H,4-5,10-12,16H2,1-3H3. The van der Waals surface area contributed by atoms with Crippen LogP contribution in [0.4, 0.5) is 0 Å². The molecular weight excluding hydrogens is 208 g/mol. The summed E-state index contributed by atoms with van der Waals surface area (Å²) in [5.74, 6) is 0.812. The van der Waals surface area contributed by atoms with E-state index in [9.17, 15) is 0 Å². The van der Waals surface area contributed by atoms with Crippen LogP contribution in [0.5, 0.6) is 0 Å². The Labute approximate surface area is 106 Å². The maximum absolute atomic E-state index is 5.58. The molecule has 0 aliphatic carbocycles. The van der Waals surface area contributed by atoms with Crippen LogP contribution in [0.15, 0.2) is 24.3 Å². The molecule has 0 aromatic heterocycles. The molecule has 0 unspecified atom stereocenters. The highest BCUT2D eigenvalue weighted by atomic mass is 15.1. The van der Waals surface area contributed by atoms with Crippen molar-refractivity contribution in [3.05, 3.63) is 35.4 Å². The van der Waals surface area contributed by atoms with E-state index in [2.05, 4.69) is 50.1 Å². The Balaban J connectivity index is 2.31. The minimum absolute atomic E-state index is 0.629.